The smallest absolute Gasteiger partial charge is 0.220 e. The Morgan fingerprint density at radius 3 is 1.98 bits per heavy atom. The molecule has 50 heavy (non-hydrogen) atoms. The van der Waals surface area contributed by atoms with Crippen LogP contribution in [0.25, 0.3) is 44.5 Å². The van der Waals surface area contributed by atoms with E-state index in [1.165, 1.54) is 0 Å². The maximum atomic E-state index is 11.5. The van der Waals surface area contributed by atoms with E-state index in [2.05, 4.69) is 38.1 Å². The highest BCUT2D eigenvalue weighted by atomic mass is 35.5. The minimum absolute atomic E-state index is 0.102. The number of amides is 2. The monoisotopic (exact) mass is 711 g/mol. The number of aryl methyl sites for hydroxylation is 1. The molecule has 2 aromatic carbocycles. The lowest BCUT2D eigenvalue weighted by atomic mass is 9.98. The number of fused-ring (bicyclic) bond motifs is 1. The summed E-state index contributed by atoms with van der Waals surface area (Å²) in [6.07, 6.45) is 6.89. The number of pyridine rings is 2. The van der Waals surface area contributed by atoms with Crippen LogP contribution in [0.2, 0.25) is 10.0 Å². The Kier molecular flexibility index (Phi) is 10.1. The van der Waals surface area contributed by atoms with Gasteiger partial charge in [0.05, 0.1) is 34.1 Å². The first-order valence-electron chi connectivity index (χ1n) is 16.8. The van der Waals surface area contributed by atoms with Crippen molar-refractivity contribution in [3.8, 4) is 39.5 Å². The summed E-state index contributed by atoms with van der Waals surface area (Å²) in [5, 5.41) is 15.0. The van der Waals surface area contributed by atoms with Crippen molar-refractivity contribution in [3.63, 3.8) is 0 Å². The molecule has 2 fully saturated rings. The van der Waals surface area contributed by atoms with Gasteiger partial charge in [-0.2, -0.15) is 0 Å². The SMILES string of the molecule is COc1nc(-c2cccc(-c3cccc(-c4cc5c(cn4)c(CNC[C@@H]4CCC(=O)N4)cn5C)c3Cl)c2Cl)ccc1CNC[C@H]1CCC(=O)N1. The Morgan fingerprint density at radius 1 is 0.820 bits per heavy atom. The molecule has 5 aromatic rings. The maximum absolute atomic E-state index is 11.5. The zero-order valence-electron chi connectivity index (χ0n) is 28.0. The van der Waals surface area contributed by atoms with Crippen LogP contribution in [-0.2, 0) is 29.7 Å². The van der Waals surface area contributed by atoms with Gasteiger partial charge in [-0.05, 0) is 30.5 Å². The van der Waals surface area contributed by atoms with E-state index < -0.39 is 0 Å². The van der Waals surface area contributed by atoms with Crippen LogP contribution < -0.4 is 26.0 Å². The molecule has 2 saturated heterocycles. The summed E-state index contributed by atoms with van der Waals surface area (Å²) in [7, 11) is 3.63. The zero-order chi connectivity index (χ0) is 34.8. The second-order valence-corrected chi connectivity index (χ2v) is 13.7. The molecule has 7 rings (SSSR count). The Hall–Kier alpha value is -4.48. The third-order valence-corrected chi connectivity index (χ3v) is 10.3. The van der Waals surface area contributed by atoms with Gasteiger partial charge in [-0.15, -0.1) is 0 Å². The summed E-state index contributed by atoms with van der Waals surface area (Å²) in [5.41, 5.74) is 7.69. The highest BCUT2D eigenvalue weighted by molar-refractivity contribution is 6.39. The first-order chi connectivity index (χ1) is 24.3. The van der Waals surface area contributed by atoms with Crippen LogP contribution >= 0.6 is 23.2 Å². The van der Waals surface area contributed by atoms with E-state index in [1.807, 2.05) is 61.8 Å². The molecule has 258 valence electrons. The number of aromatic nitrogens is 3. The number of benzene rings is 2. The molecule has 5 heterocycles. The molecule has 12 heteroatoms. The van der Waals surface area contributed by atoms with Gasteiger partial charge in [0.2, 0.25) is 17.7 Å². The summed E-state index contributed by atoms with van der Waals surface area (Å²) in [4.78, 5) is 32.7. The molecule has 0 bridgehead atoms. The quantitative estimate of drug-likeness (QED) is 0.125. The van der Waals surface area contributed by atoms with Crippen LogP contribution in [-0.4, -0.2) is 58.6 Å². The number of ether oxygens (including phenoxy) is 1. The number of methoxy groups -OCH3 is 1. The normalized spacial score (nSPS) is 17.4. The first kappa shape index (κ1) is 34.0. The van der Waals surface area contributed by atoms with E-state index in [1.54, 1.807) is 7.11 Å². The average Bonchev–Trinajstić information content (AvgIpc) is 3.83. The third kappa shape index (κ3) is 7.07. The Balaban J connectivity index is 1.11. The standard InChI is InChI=1S/C38H39Cl2N7O3/c1-47-21-23(17-42-19-25-11-14-35(49)45-25)30-20-43-32(15-33(30)47)29-8-4-6-27(37(29)40)26-5-3-7-28(36(26)39)31-12-9-22(38(46-31)50-2)16-41-18-24-10-13-34(48)44-24/h3-9,12,15,20-21,24-25,41-42H,10-11,13-14,16-19H2,1-2H3,(H,44,48)(H,45,49)/t24-,25+/m1/s1. The highest BCUT2D eigenvalue weighted by Crippen LogP contribution is 2.42. The second kappa shape index (κ2) is 14.8. The lowest BCUT2D eigenvalue weighted by Gasteiger charge is -2.15. The Labute approximate surface area is 300 Å². The molecule has 4 N–H and O–H groups in total. The van der Waals surface area contributed by atoms with Gasteiger partial charge in [-0.1, -0.05) is 65.7 Å². The molecule has 0 saturated carbocycles. The van der Waals surface area contributed by atoms with Crippen molar-refractivity contribution in [2.75, 3.05) is 20.2 Å². The van der Waals surface area contributed by atoms with Crippen molar-refractivity contribution in [3.05, 3.63) is 88.2 Å². The number of nitrogens with zero attached hydrogens (tertiary/aromatic N) is 3. The maximum Gasteiger partial charge on any atom is 0.220 e. The van der Waals surface area contributed by atoms with E-state index in [9.17, 15) is 9.59 Å². The summed E-state index contributed by atoms with van der Waals surface area (Å²) in [6.45, 7) is 2.65. The lowest BCUT2D eigenvalue weighted by molar-refractivity contribution is -0.120. The van der Waals surface area contributed by atoms with E-state index in [4.69, 9.17) is 37.9 Å². The van der Waals surface area contributed by atoms with Gasteiger partial charge in [0, 0.05) is 104 Å². The van der Waals surface area contributed by atoms with Crippen LogP contribution in [0, 0.1) is 0 Å². The van der Waals surface area contributed by atoms with Gasteiger partial charge in [0.1, 0.15) is 0 Å². The summed E-state index contributed by atoms with van der Waals surface area (Å²) in [6, 6.07) is 18.1. The minimum atomic E-state index is 0.102. The minimum Gasteiger partial charge on any atom is -0.481 e. The van der Waals surface area contributed by atoms with Gasteiger partial charge >= 0.3 is 0 Å². The van der Waals surface area contributed by atoms with Crippen molar-refractivity contribution in [1.29, 1.82) is 0 Å². The molecule has 2 amide bonds. The molecule has 2 aliphatic heterocycles. The molecule has 2 aliphatic rings. The fraction of sp³-hybridized carbons (Fsp3) is 0.316. The topological polar surface area (TPSA) is 122 Å². The molecule has 0 aliphatic carbocycles. The number of halogens is 2. The number of carbonyl (C=O) groups is 2. The summed E-state index contributed by atoms with van der Waals surface area (Å²) < 4.78 is 7.76. The summed E-state index contributed by atoms with van der Waals surface area (Å²) >= 11 is 14.3. The van der Waals surface area contributed by atoms with Crippen molar-refractivity contribution >= 4 is 45.9 Å². The number of rotatable bonds is 12. The first-order valence-corrected chi connectivity index (χ1v) is 17.6. The summed E-state index contributed by atoms with van der Waals surface area (Å²) in [5.74, 6) is 0.734. The van der Waals surface area contributed by atoms with Gasteiger partial charge in [-0.25, -0.2) is 4.98 Å². The number of hydrogen-bond acceptors (Lipinski definition) is 7. The molecular formula is C38H39Cl2N7O3. The predicted octanol–water partition coefficient (Wildman–Crippen LogP) is 6.02. The van der Waals surface area contributed by atoms with Crippen LogP contribution in [0.5, 0.6) is 5.88 Å². The van der Waals surface area contributed by atoms with Crippen molar-refractivity contribution in [1.82, 2.24) is 35.8 Å². The largest absolute Gasteiger partial charge is 0.481 e. The van der Waals surface area contributed by atoms with Crippen molar-refractivity contribution in [2.45, 2.75) is 50.9 Å². The fourth-order valence-corrected chi connectivity index (χ4v) is 7.52. The Bertz CT molecular complexity index is 2080. The number of hydrogen-bond donors (Lipinski definition) is 4. The van der Waals surface area contributed by atoms with Crippen LogP contribution in [0.1, 0.15) is 36.8 Å². The van der Waals surface area contributed by atoms with Gasteiger partial charge in [0.15, 0.2) is 0 Å². The third-order valence-electron chi connectivity index (χ3n) is 9.51. The highest BCUT2D eigenvalue weighted by Gasteiger charge is 2.22. The van der Waals surface area contributed by atoms with Gasteiger partial charge < -0.3 is 30.6 Å². The number of carbonyl (C=O) groups excluding carboxylic acids is 2. The second-order valence-electron chi connectivity index (χ2n) is 12.9. The molecule has 0 unspecified atom stereocenters. The molecule has 0 spiro atoms. The van der Waals surface area contributed by atoms with E-state index in [0.29, 0.717) is 54.1 Å². The van der Waals surface area contributed by atoms with E-state index >= 15 is 0 Å². The number of nitrogens with one attached hydrogen (secondary N) is 4. The molecule has 10 nitrogen and oxygen atoms in total. The molecule has 0 radical (unpaired) electrons. The molecule has 2 atom stereocenters. The van der Waals surface area contributed by atoms with Crippen LogP contribution in [0.3, 0.4) is 0 Å². The zero-order valence-corrected chi connectivity index (χ0v) is 29.5. The Morgan fingerprint density at radius 2 is 1.40 bits per heavy atom. The van der Waals surface area contributed by atoms with Crippen LogP contribution in [0.15, 0.2) is 67.0 Å². The average molecular weight is 713 g/mol. The van der Waals surface area contributed by atoms with E-state index in [0.717, 1.165) is 69.4 Å². The van der Waals surface area contributed by atoms with Crippen molar-refractivity contribution in [2.24, 2.45) is 7.05 Å². The molecule has 3 aromatic heterocycles. The predicted molar refractivity (Wildman–Crippen MR) is 197 cm³/mol. The van der Waals surface area contributed by atoms with Crippen molar-refractivity contribution < 1.29 is 14.3 Å². The van der Waals surface area contributed by atoms with Crippen LogP contribution in [0.4, 0.5) is 0 Å². The fourth-order valence-electron chi connectivity index (χ4n) is 6.87. The van der Waals surface area contributed by atoms with Gasteiger partial charge in [-0.3, -0.25) is 14.6 Å². The molecular weight excluding hydrogens is 673 g/mol. The lowest BCUT2D eigenvalue weighted by Crippen LogP contribution is -2.35. The van der Waals surface area contributed by atoms with E-state index in [-0.39, 0.29) is 23.9 Å². The van der Waals surface area contributed by atoms with Gasteiger partial charge in [0.25, 0.3) is 0 Å².